The minimum atomic E-state index is -0.806. The van der Waals surface area contributed by atoms with Crippen LogP contribution in [0.25, 0.3) is 0 Å². The van der Waals surface area contributed by atoms with Gasteiger partial charge in [-0.15, -0.1) is 0 Å². The van der Waals surface area contributed by atoms with Crippen molar-refractivity contribution >= 4 is 21.8 Å². The van der Waals surface area contributed by atoms with Gasteiger partial charge in [-0.25, -0.2) is 4.39 Å². The lowest BCUT2D eigenvalue weighted by Gasteiger charge is -2.00. The van der Waals surface area contributed by atoms with Crippen molar-refractivity contribution in [3.05, 3.63) is 28.0 Å². The second-order valence-corrected chi connectivity index (χ2v) is 3.01. The highest BCUT2D eigenvalue weighted by molar-refractivity contribution is 9.10. The molecule has 0 atom stereocenters. The first-order valence-corrected chi connectivity index (χ1v) is 3.79. The Labute approximate surface area is 76.1 Å². The van der Waals surface area contributed by atoms with Gasteiger partial charge in [-0.3, -0.25) is 4.79 Å². The molecule has 0 aromatic heterocycles. The van der Waals surface area contributed by atoms with Crippen LogP contribution < -0.4 is 5.73 Å². The molecule has 12 heavy (non-hydrogen) atoms. The van der Waals surface area contributed by atoms with E-state index in [2.05, 4.69) is 15.9 Å². The van der Waals surface area contributed by atoms with Gasteiger partial charge >= 0.3 is 0 Å². The number of hydrogen-bond acceptors (Lipinski definition) is 2. The molecule has 3 nitrogen and oxygen atoms in total. The number of carbonyl (C=O) groups is 1. The molecule has 0 aliphatic heterocycles. The quantitative estimate of drug-likeness (QED) is 0.771. The smallest absolute Gasteiger partial charge is 0.248 e. The third-order valence-corrected chi connectivity index (χ3v) is 1.87. The number of phenolic OH excluding ortho intramolecular Hbond substituents is 1. The first-order valence-electron chi connectivity index (χ1n) is 3.00. The monoisotopic (exact) mass is 233 g/mol. The van der Waals surface area contributed by atoms with E-state index in [9.17, 15) is 9.18 Å². The predicted molar refractivity (Wildman–Crippen MR) is 44.3 cm³/mol. The predicted octanol–water partition coefficient (Wildman–Crippen LogP) is 1.39. The van der Waals surface area contributed by atoms with Gasteiger partial charge in [0, 0.05) is 5.56 Å². The average Bonchev–Trinajstić information content (AvgIpc) is 1.99. The number of nitrogens with two attached hydrogens (primary N) is 1. The molecule has 0 saturated heterocycles. The summed E-state index contributed by atoms with van der Waals surface area (Å²) in [7, 11) is 0. The second-order valence-electron chi connectivity index (χ2n) is 2.16. The summed E-state index contributed by atoms with van der Waals surface area (Å²) < 4.78 is 12.7. The summed E-state index contributed by atoms with van der Waals surface area (Å²) in [5, 5.41) is 8.92. The molecule has 5 heteroatoms. The highest BCUT2D eigenvalue weighted by Crippen LogP contribution is 2.25. The summed E-state index contributed by atoms with van der Waals surface area (Å²) in [5.74, 6) is -2.12. The van der Waals surface area contributed by atoms with Gasteiger partial charge in [0.05, 0.1) is 4.47 Å². The Morgan fingerprint density at radius 2 is 2.17 bits per heavy atom. The van der Waals surface area contributed by atoms with Gasteiger partial charge in [0.25, 0.3) is 0 Å². The van der Waals surface area contributed by atoms with Crippen LogP contribution in [0.5, 0.6) is 5.75 Å². The number of rotatable bonds is 1. The molecule has 0 unspecified atom stereocenters. The van der Waals surface area contributed by atoms with E-state index in [0.717, 1.165) is 6.07 Å². The highest BCUT2D eigenvalue weighted by Gasteiger charge is 2.10. The SMILES string of the molecule is NC(=O)c1cc(O)c(F)c(Br)c1. The molecule has 0 aliphatic rings. The maximum absolute atomic E-state index is 12.7. The number of amides is 1. The molecule has 64 valence electrons. The molecule has 3 N–H and O–H groups in total. The summed E-state index contributed by atoms with van der Waals surface area (Å²) >= 11 is 2.82. The Balaban J connectivity index is 3.31. The molecular formula is C7H5BrFNO2. The minimum absolute atomic E-state index is 0.0105. The third-order valence-electron chi connectivity index (χ3n) is 1.29. The molecule has 1 rings (SSSR count). The van der Waals surface area contributed by atoms with Crippen molar-refractivity contribution < 1.29 is 14.3 Å². The molecule has 1 amide bonds. The van der Waals surface area contributed by atoms with E-state index in [4.69, 9.17) is 10.8 Å². The van der Waals surface area contributed by atoms with Crippen LogP contribution in [-0.2, 0) is 0 Å². The molecule has 1 aromatic carbocycles. The van der Waals surface area contributed by atoms with Crippen molar-refractivity contribution in [3.63, 3.8) is 0 Å². The number of phenols is 1. The number of hydrogen-bond donors (Lipinski definition) is 2. The summed E-state index contributed by atoms with van der Waals surface area (Å²) in [6.07, 6.45) is 0. The Morgan fingerprint density at radius 3 is 2.58 bits per heavy atom. The van der Waals surface area contributed by atoms with E-state index >= 15 is 0 Å². The van der Waals surface area contributed by atoms with Gasteiger partial charge < -0.3 is 10.8 Å². The average molecular weight is 234 g/mol. The number of aromatic hydroxyl groups is 1. The van der Waals surface area contributed by atoms with Crippen molar-refractivity contribution in [2.24, 2.45) is 5.73 Å². The van der Waals surface area contributed by atoms with Crippen LogP contribution in [0.3, 0.4) is 0 Å². The van der Waals surface area contributed by atoms with E-state index in [1.54, 1.807) is 0 Å². The summed E-state index contributed by atoms with van der Waals surface area (Å²) in [5.41, 5.74) is 4.96. The topological polar surface area (TPSA) is 63.3 Å². The fraction of sp³-hybridized carbons (Fsp3) is 0. The fourth-order valence-corrected chi connectivity index (χ4v) is 1.17. The third kappa shape index (κ3) is 1.55. The van der Waals surface area contributed by atoms with Gasteiger partial charge in [-0.05, 0) is 28.1 Å². The zero-order chi connectivity index (χ0) is 9.30. The normalized spacial score (nSPS) is 9.83. The number of halogens is 2. The lowest BCUT2D eigenvalue weighted by molar-refractivity contribution is 0.0999. The molecule has 0 fully saturated rings. The van der Waals surface area contributed by atoms with E-state index in [-0.39, 0.29) is 10.0 Å². The summed E-state index contributed by atoms with van der Waals surface area (Å²) in [6, 6.07) is 2.18. The Morgan fingerprint density at radius 1 is 1.58 bits per heavy atom. The number of primary amides is 1. The largest absolute Gasteiger partial charge is 0.505 e. The van der Waals surface area contributed by atoms with Gasteiger partial charge in [0.15, 0.2) is 11.6 Å². The van der Waals surface area contributed by atoms with Gasteiger partial charge in [0.2, 0.25) is 5.91 Å². The molecular weight excluding hydrogens is 229 g/mol. The number of carbonyl (C=O) groups excluding carboxylic acids is 1. The van der Waals surface area contributed by atoms with Crippen molar-refractivity contribution in [3.8, 4) is 5.75 Å². The molecule has 0 saturated carbocycles. The van der Waals surface area contributed by atoms with Crippen LogP contribution >= 0.6 is 15.9 Å². The van der Waals surface area contributed by atoms with E-state index < -0.39 is 17.5 Å². The maximum Gasteiger partial charge on any atom is 0.248 e. The molecule has 0 spiro atoms. The number of benzene rings is 1. The standard InChI is InChI=1S/C7H5BrFNO2/c8-4-1-3(7(10)12)2-5(11)6(4)9/h1-2,11H,(H2,10,12). The maximum atomic E-state index is 12.7. The Kier molecular flexibility index (Phi) is 2.32. The molecule has 1 aromatic rings. The van der Waals surface area contributed by atoms with Gasteiger partial charge in [-0.2, -0.15) is 0 Å². The van der Waals surface area contributed by atoms with Crippen LogP contribution in [0.4, 0.5) is 4.39 Å². The summed E-state index contributed by atoms with van der Waals surface area (Å²) in [4.78, 5) is 10.6. The van der Waals surface area contributed by atoms with E-state index in [1.165, 1.54) is 6.07 Å². The minimum Gasteiger partial charge on any atom is -0.505 e. The first-order chi connectivity index (χ1) is 5.52. The van der Waals surface area contributed by atoms with Crippen molar-refractivity contribution in [2.45, 2.75) is 0 Å². The van der Waals surface area contributed by atoms with Gasteiger partial charge in [0.1, 0.15) is 0 Å². The molecule has 0 heterocycles. The second kappa shape index (κ2) is 3.10. The Bertz CT molecular complexity index is 317. The lowest BCUT2D eigenvalue weighted by Crippen LogP contribution is -2.10. The van der Waals surface area contributed by atoms with Crippen LogP contribution in [-0.4, -0.2) is 11.0 Å². The summed E-state index contributed by atoms with van der Waals surface area (Å²) in [6.45, 7) is 0. The van der Waals surface area contributed by atoms with E-state index in [1.807, 2.05) is 0 Å². The van der Waals surface area contributed by atoms with Crippen molar-refractivity contribution in [1.82, 2.24) is 0 Å². The molecule has 0 radical (unpaired) electrons. The van der Waals surface area contributed by atoms with Crippen LogP contribution in [0, 0.1) is 5.82 Å². The highest BCUT2D eigenvalue weighted by atomic mass is 79.9. The van der Waals surface area contributed by atoms with Crippen molar-refractivity contribution in [1.29, 1.82) is 0 Å². The lowest BCUT2D eigenvalue weighted by atomic mass is 10.2. The van der Waals surface area contributed by atoms with Crippen LogP contribution in [0.1, 0.15) is 10.4 Å². The van der Waals surface area contributed by atoms with Crippen LogP contribution in [0.15, 0.2) is 16.6 Å². The zero-order valence-electron chi connectivity index (χ0n) is 5.84. The van der Waals surface area contributed by atoms with Crippen molar-refractivity contribution in [2.75, 3.05) is 0 Å². The van der Waals surface area contributed by atoms with Gasteiger partial charge in [-0.1, -0.05) is 0 Å². The Hall–Kier alpha value is -1.10. The fourth-order valence-electron chi connectivity index (χ4n) is 0.717. The zero-order valence-corrected chi connectivity index (χ0v) is 7.43. The van der Waals surface area contributed by atoms with Crippen LogP contribution in [0.2, 0.25) is 0 Å². The molecule has 0 aliphatic carbocycles. The molecule has 0 bridgehead atoms. The first kappa shape index (κ1) is 8.99. The van der Waals surface area contributed by atoms with E-state index in [0.29, 0.717) is 0 Å².